The van der Waals surface area contributed by atoms with Gasteiger partial charge in [0.05, 0.1) is 31.2 Å². The number of anilines is 2. The summed E-state index contributed by atoms with van der Waals surface area (Å²) < 4.78 is 41.4. The lowest BCUT2D eigenvalue weighted by Crippen LogP contribution is -2.47. The minimum Gasteiger partial charge on any atom is -0.771 e. The van der Waals surface area contributed by atoms with Gasteiger partial charge in [0.2, 0.25) is 5.88 Å². The van der Waals surface area contributed by atoms with Gasteiger partial charge in [-0.1, -0.05) is 0 Å². The molecule has 14 heteroatoms. The molecule has 38 heavy (non-hydrogen) atoms. The topological polar surface area (TPSA) is 148 Å². The van der Waals surface area contributed by atoms with Crippen LogP contribution in [0.25, 0.3) is 22.4 Å². The Bertz CT molecular complexity index is 1480. The minimum absolute atomic E-state index is 0.00971. The summed E-state index contributed by atoms with van der Waals surface area (Å²) in [5.41, 5.74) is 3.83. The van der Waals surface area contributed by atoms with Gasteiger partial charge in [0, 0.05) is 50.0 Å². The summed E-state index contributed by atoms with van der Waals surface area (Å²) in [6.07, 6.45) is 4.81. The Morgan fingerprint density at radius 3 is 2.68 bits per heavy atom. The maximum absolute atomic E-state index is 14.3. The number of pyridine rings is 2. The third-order valence-corrected chi connectivity index (χ3v) is 7.13. The van der Waals surface area contributed by atoms with E-state index in [9.17, 15) is 13.2 Å². The summed E-state index contributed by atoms with van der Waals surface area (Å²) in [7, 11) is 1.36. The third-order valence-electron chi connectivity index (χ3n) is 6.55. The number of aromatic amines is 1. The van der Waals surface area contributed by atoms with E-state index in [1.165, 1.54) is 19.4 Å². The van der Waals surface area contributed by atoms with Gasteiger partial charge in [0.1, 0.15) is 22.9 Å². The Kier molecular flexibility index (Phi) is 7.56. The number of H-pyrrole nitrogens is 1. The third kappa shape index (κ3) is 5.48. The highest BCUT2D eigenvalue weighted by molar-refractivity contribution is 7.79. The van der Waals surface area contributed by atoms with Gasteiger partial charge in [-0.2, -0.15) is 0 Å². The van der Waals surface area contributed by atoms with Crippen LogP contribution in [0.1, 0.15) is 24.4 Å². The normalized spacial score (nSPS) is 16.4. The molecule has 0 aliphatic carbocycles. The van der Waals surface area contributed by atoms with E-state index in [0.717, 1.165) is 18.7 Å². The van der Waals surface area contributed by atoms with Crippen molar-refractivity contribution in [3.05, 3.63) is 48.1 Å². The molecule has 0 saturated carbocycles. The first-order valence-corrected chi connectivity index (χ1v) is 13.2. The van der Waals surface area contributed by atoms with Gasteiger partial charge in [0.25, 0.3) is 0 Å². The number of hydrogen-bond donors (Lipinski definition) is 2. The highest BCUT2D eigenvalue weighted by Crippen LogP contribution is 2.34. The Balaban J connectivity index is 1.51. The molecule has 0 radical (unpaired) electrons. The molecule has 0 amide bonds. The van der Waals surface area contributed by atoms with E-state index in [1.54, 1.807) is 19.4 Å². The summed E-state index contributed by atoms with van der Waals surface area (Å²) >= 11 is -2.09. The summed E-state index contributed by atoms with van der Waals surface area (Å²) in [6, 6.07) is 3.31. The molecule has 1 saturated heterocycles. The summed E-state index contributed by atoms with van der Waals surface area (Å²) in [4.78, 5) is 29.4. The minimum atomic E-state index is -2.09. The fourth-order valence-corrected chi connectivity index (χ4v) is 5.10. The van der Waals surface area contributed by atoms with E-state index in [1.807, 2.05) is 11.0 Å². The van der Waals surface area contributed by atoms with Crippen molar-refractivity contribution < 1.29 is 17.9 Å². The molecule has 1 aliphatic rings. The Morgan fingerprint density at radius 2 is 1.97 bits per heavy atom. The molecule has 0 aromatic carbocycles. The molecule has 2 N–H and O–H groups in total. The molecule has 4 aromatic heterocycles. The first-order valence-electron chi connectivity index (χ1n) is 12.0. The fourth-order valence-electron chi connectivity index (χ4n) is 4.55. The molecule has 5 heterocycles. The van der Waals surface area contributed by atoms with Crippen LogP contribution < -0.4 is 10.1 Å². The van der Waals surface area contributed by atoms with Gasteiger partial charge in [0.15, 0.2) is 11.5 Å². The lowest BCUT2D eigenvalue weighted by atomic mass is 10.0. The number of piperazine rings is 1. The van der Waals surface area contributed by atoms with Gasteiger partial charge >= 0.3 is 0 Å². The van der Waals surface area contributed by atoms with Crippen LogP contribution in [0.5, 0.6) is 5.88 Å². The van der Waals surface area contributed by atoms with Gasteiger partial charge in [-0.05, 0) is 36.6 Å². The number of imidazole rings is 1. The van der Waals surface area contributed by atoms with Crippen LogP contribution in [0.15, 0.2) is 30.9 Å². The zero-order valence-corrected chi connectivity index (χ0v) is 22.0. The van der Waals surface area contributed by atoms with Crippen molar-refractivity contribution in [1.29, 1.82) is 0 Å². The standard InChI is InChI=1S/C24H28FN9O3S/c1-14(34-6-4-33(5-7-34)13-38(35)36)16-8-18(20-21-23(29-12-28-21)31-15(2)30-20)22(26-10-16)32-17-9-19(25)24(37-3)27-11-17/h8-12,14H,4-7,13H2,1-3H3,(H,26,32)(H,35,36)(H,28,29,30,31)/p-1. The number of nitrogens with one attached hydrogen (secondary N) is 2. The molecule has 0 spiro atoms. The van der Waals surface area contributed by atoms with E-state index in [4.69, 9.17) is 14.7 Å². The molecule has 2 atom stereocenters. The van der Waals surface area contributed by atoms with Crippen LogP contribution in [0, 0.1) is 12.7 Å². The van der Waals surface area contributed by atoms with Gasteiger partial charge < -0.3 is 19.6 Å². The molecule has 200 valence electrons. The average Bonchev–Trinajstić information content (AvgIpc) is 3.37. The van der Waals surface area contributed by atoms with Crippen molar-refractivity contribution in [3.63, 3.8) is 0 Å². The van der Waals surface area contributed by atoms with Crippen molar-refractivity contribution >= 4 is 33.7 Å². The maximum Gasteiger partial charge on any atom is 0.250 e. The molecule has 4 aromatic rings. The highest BCUT2D eigenvalue weighted by Gasteiger charge is 2.24. The average molecular weight is 541 g/mol. The molecule has 2 unspecified atom stereocenters. The largest absolute Gasteiger partial charge is 0.771 e. The summed E-state index contributed by atoms with van der Waals surface area (Å²) in [5, 5.41) is 3.17. The van der Waals surface area contributed by atoms with Crippen LogP contribution in [0.4, 0.5) is 15.9 Å². The number of rotatable bonds is 8. The van der Waals surface area contributed by atoms with Crippen molar-refractivity contribution in [2.45, 2.75) is 19.9 Å². The SMILES string of the molecule is COc1ncc(Nc2ncc(C(C)N3CCN(CS(=O)[O-])CC3)cc2-c2nc(C)nc3nc[nH]c23)cc1F. The zero-order valence-electron chi connectivity index (χ0n) is 21.1. The van der Waals surface area contributed by atoms with Crippen molar-refractivity contribution in [1.82, 2.24) is 39.7 Å². The smallest absolute Gasteiger partial charge is 0.250 e. The molecular weight excluding hydrogens is 513 g/mol. The molecule has 5 rings (SSSR count). The molecule has 12 nitrogen and oxygen atoms in total. The number of halogens is 1. The second-order valence-electron chi connectivity index (χ2n) is 8.99. The van der Waals surface area contributed by atoms with Gasteiger partial charge in [-0.25, -0.2) is 29.3 Å². The Hall–Kier alpha value is -3.59. The van der Waals surface area contributed by atoms with Crippen molar-refractivity contribution in [2.24, 2.45) is 0 Å². The van der Waals surface area contributed by atoms with E-state index in [-0.39, 0.29) is 17.8 Å². The number of methoxy groups -OCH3 is 1. The Labute approximate surface area is 221 Å². The van der Waals surface area contributed by atoms with Crippen LogP contribution in [0.3, 0.4) is 0 Å². The first-order chi connectivity index (χ1) is 18.3. The van der Waals surface area contributed by atoms with Gasteiger partial charge in [-0.3, -0.25) is 14.0 Å². The number of nitrogens with zero attached hydrogens (tertiary/aromatic N) is 7. The lowest BCUT2D eigenvalue weighted by molar-refractivity contribution is 0.113. The quantitative estimate of drug-likeness (QED) is 0.318. The van der Waals surface area contributed by atoms with Crippen LogP contribution >= 0.6 is 0 Å². The molecule has 0 bridgehead atoms. The maximum atomic E-state index is 14.3. The Morgan fingerprint density at radius 1 is 1.18 bits per heavy atom. The molecular formula is C24H27FN9O3S-. The number of ether oxygens (including phenoxy) is 1. The second-order valence-corrected chi connectivity index (χ2v) is 9.85. The molecule has 1 aliphatic heterocycles. The fraction of sp³-hybridized carbons (Fsp3) is 0.375. The zero-order chi connectivity index (χ0) is 26.8. The van der Waals surface area contributed by atoms with Crippen LogP contribution in [0.2, 0.25) is 0 Å². The number of hydrogen-bond acceptors (Lipinski definition) is 11. The monoisotopic (exact) mass is 540 g/mol. The van der Waals surface area contributed by atoms with Crippen molar-refractivity contribution in [3.8, 4) is 17.1 Å². The van der Waals surface area contributed by atoms with Crippen molar-refractivity contribution in [2.75, 3.05) is 44.5 Å². The lowest BCUT2D eigenvalue weighted by Gasteiger charge is -2.38. The van der Waals surface area contributed by atoms with Crippen LogP contribution in [-0.4, -0.2) is 87.6 Å². The predicted molar refractivity (Wildman–Crippen MR) is 139 cm³/mol. The van der Waals surface area contributed by atoms with E-state index in [0.29, 0.717) is 52.8 Å². The molecule has 1 fully saturated rings. The van der Waals surface area contributed by atoms with Crippen LogP contribution in [-0.2, 0) is 11.1 Å². The predicted octanol–water partition coefficient (Wildman–Crippen LogP) is 2.52. The first kappa shape index (κ1) is 26.0. The summed E-state index contributed by atoms with van der Waals surface area (Å²) in [5.74, 6) is 0.359. The number of aryl methyl sites for hydroxylation is 1. The number of fused-ring (bicyclic) bond motifs is 1. The van der Waals surface area contributed by atoms with E-state index in [2.05, 4.69) is 37.1 Å². The highest BCUT2D eigenvalue weighted by atomic mass is 32.2. The number of aromatic nitrogens is 6. The van der Waals surface area contributed by atoms with Gasteiger partial charge in [-0.15, -0.1) is 0 Å². The van der Waals surface area contributed by atoms with E-state index >= 15 is 0 Å². The second kappa shape index (κ2) is 11.0. The summed E-state index contributed by atoms with van der Waals surface area (Å²) in [6.45, 7) is 6.66. The van der Waals surface area contributed by atoms with E-state index < -0.39 is 16.9 Å².